The smallest absolute Gasteiger partial charge is 0.259 e. The van der Waals surface area contributed by atoms with E-state index in [-0.39, 0.29) is 19.1 Å². The van der Waals surface area contributed by atoms with E-state index in [4.69, 9.17) is 27.5 Å². The quantitative estimate of drug-likeness (QED) is 0.376. The van der Waals surface area contributed by atoms with Crippen molar-refractivity contribution in [2.45, 2.75) is 6.92 Å². The van der Waals surface area contributed by atoms with Gasteiger partial charge in [0, 0.05) is 5.56 Å². The standard InChI is InChI=1S/C21H20ClN3O4/c1-3-10-29-20-17(22)11-15(12-18(20)28-4-2)13-24-25-19(26)14-23-21(27)16-8-6-5-7-9-16/h1,5-9,11-13H,4,10,14H2,2H3,(H,23,27)(H,25,26)/b24-13-. The number of hydrogen-bond acceptors (Lipinski definition) is 5. The zero-order valence-electron chi connectivity index (χ0n) is 15.8. The molecule has 2 aromatic carbocycles. The van der Waals surface area contributed by atoms with Crippen molar-refractivity contribution < 1.29 is 19.1 Å². The number of nitrogens with one attached hydrogen (secondary N) is 2. The van der Waals surface area contributed by atoms with Crippen molar-refractivity contribution in [2.24, 2.45) is 5.10 Å². The van der Waals surface area contributed by atoms with Gasteiger partial charge in [0.25, 0.3) is 11.8 Å². The highest BCUT2D eigenvalue weighted by Crippen LogP contribution is 2.36. The lowest BCUT2D eigenvalue weighted by Gasteiger charge is -2.12. The van der Waals surface area contributed by atoms with Crippen molar-refractivity contribution in [2.75, 3.05) is 19.8 Å². The molecule has 0 fully saturated rings. The molecule has 0 aliphatic rings. The van der Waals surface area contributed by atoms with E-state index in [1.807, 2.05) is 6.92 Å². The molecule has 0 saturated heterocycles. The lowest BCUT2D eigenvalue weighted by molar-refractivity contribution is -0.120. The largest absolute Gasteiger partial charge is 0.490 e. The Bertz CT molecular complexity index is 924. The van der Waals surface area contributed by atoms with Gasteiger partial charge in [-0.1, -0.05) is 35.7 Å². The Morgan fingerprint density at radius 2 is 2.00 bits per heavy atom. The van der Waals surface area contributed by atoms with Gasteiger partial charge in [0.1, 0.15) is 6.61 Å². The molecule has 0 aromatic heterocycles. The average Bonchev–Trinajstić information content (AvgIpc) is 2.72. The number of ether oxygens (including phenoxy) is 2. The summed E-state index contributed by atoms with van der Waals surface area (Å²) in [6.07, 6.45) is 6.60. The summed E-state index contributed by atoms with van der Waals surface area (Å²) in [5, 5.41) is 6.67. The zero-order valence-corrected chi connectivity index (χ0v) is 16.5. The Labute approximate surface area is 174 Å². The Kier molecular flexibility index (Phi) is 8.54. The van der Waals surface area contributed by atoms with E-state index in [1.54, 1.807) is 42.5 Å². The van der Waals surface area contributed by atoms with E-state index < -0.39 is 5.91 Å². The lowest BCUT2D eigenvalue weighted by atomic mass is 10.2. The maximum atomic E-state index is 11.9. The lowest BCUT2D eigenvalue weighted by Crippen LogP contribution is -2.34. The van der Waals surface area contributed by atoms with Crippen molar-refractivity contribution in [1.29, 1.82) is 0 Å². The molecule has 2 rings (SSSR count). The third-order valence-electron chi connectivity index (χ3n) is 3.48. The molecule has 0 bridgehead atoms. The number of rotatable bonds is 9. The molecular weight excluding hydrogens is 394 g/mol. The number of carbonyl (C=O) groups excluding carboxylic acids is 2. The van der Waals surface area contributed by atoms with Crippen LogP contribution in [0, 0.1) is 12.3 Å². The molecule has 29 heavy (non-hydrogen) atoms. The van der Waals surface area contributed by atoms with Gasteiger partial charge in [-0.05, 0) is 36.8 Å². The maximum absolute atomic E-state index is 11.9. The fourth-order valence-corrected chi connectivity index (χ4v) is 2.52. The molecule has 0 radical (unpaired) electrons. The number of terminal acetylenes is 1. The molecule has 0 saturated carbocycles. The second-order valence-electron chi connectivity index (χ2n) is 5.60. The van der Waals surface area contributed by atoms with Gasteiger partial charge in [-0.3, -0.25) is 9.59 Å². The second kappa shape index (κ2) is 11.4. The number of nitrogens with zero attached hydrogens (tertiary/aromatic N) is 1. The monoisotopic (exact) mass is 413 g/mol. The van der Waals surface area contributed by atoms with Crippen molar-refractivity contribution in [3.63, 3.8) is 0 Å². The first-order valence-electron chi connectivity index (χ1n) is 8.73. The number of benzene rings is 2. The van der Waals surface area contributed by atoms with Crippen LogP contribution in [0.4, 0.5) is 0 Å². The zero-order chi connectivity index (χ0) is 21.1. The van der Waals surface area contributed by atoms with Crippen LogP contribution in [0.15, 0.2) is 47.6 Å². The van der Waals surface area contributed by atoms with Crippen molar-refractivity contribution >= 4 is 29.6 Å². The Morgan fingerprint density at radius 3 is 2.69 bits per heavy atom. The minimum absolute atomic E-state index is 0.0536. The van der Waals surface area contributed by atoms with Gasteiger partial charge >= 0.3 is 0 Å². The van der Waals surface area contributed by atoms with Crippen LogP contribution in [0.2, 0.25) is 5.02 Å². The summed E-state index contributed by atoms with van der Waals surface area (Å²) in [7, 11) is 0. The summed E-state index contributed by atoms with van der Waals surface area (Å²) in [4.78, 5) is 23.8. The normalized spacial score (nSPS) is 10.2. The summed E-state index contributed by atoms with van der Waals surface area (Å²) in [6.45, 7) is 2.07. The van der Waals surface area contributed by atoms with Crippen LogP contribution in [0.5, 0.6) is 11.5 Å². The topological polar surface area (TPSA) is 89.0 Å². The Balaban J connectivity index is 1.94. The van der Waals surface area contributed by atoms with E-state index in [2.05, 4.69) is 21.8 Å². The van der Waals surface area contributed by atoms with E-state index in [0.717, 1.165) is 0 Å². The molecule has 7 nitrogen and oxygen atoms in total. The average molecular weight is 414 g/mol. The van der Waals surface area contributed by atoms with Gasteiger partial charge < -0.3 is 14.8 Å². The fourth-order valence-electron chi connectivity index (χ4n) is 2.25. The molecule has 0 atom stereocenters. The second-order valence-corrected chi connectivity index (χ2v) is 6.00. The molecule has 0 spiro atoms. The maximum Gasteiger partial charge on any atom is 0.259 e. The van der Waals surface area contributed by atoms with Gasteiger partial charge in [-0.2, -0.15) is 5.10 Å². The minimum atomic E-state index is -0.476. The molecule has 0 aliphatic heterocycles. The van der Waals surface area contributed by atoms with E-state index in [0.29, 0.717) is 34.3 Å². The number of halogens is 1. The Morgan fingerprint density at radius 1 is 1.24 bits per heavy atom. The van der Waals surface area contributed by atoms with E-state index >= 15 is 0 Å². The summed E-state index contributed by atoms with van der Waals surface area (Å²) < 4.78 is 10.9. The molecular formula is C21H20ClN3O4. The number of carbonyl (C=O) groups is 2. The van der Waals surface area contributed by atoms with Crippen LogP contribution in [0.3, 0.4) is 0 Å². The van der Waals surface area contributed by atoms with Gasteiger partial charge in [-0.25, -0.2) is 5.43 Å². The van der Waals surface area contributed by atoms with Crippen LogP contribution >= 0.6 is 11.6 Å². The van der Waals surface area contributed by atoms with Crippen molar-refractivity contribution in [3.8, 4) is 23.8 Å². The van der Waals surface area contributed by atoms with Crippen LogP contribution in [0.1, 0.15) is 22.8 Å². The summed E-state index contributed by atoms with van der Waals surface area (Å²) >= 11 is 6.22. The molecule has 2 aromatic rings. The highest BCUT2D eigenvalue weighted by atomic mass is 35.5. The van der Waals surface area contributed by atoms with Gasteiger partial charge in [-0.15, -0.1) is 6.42 Å². The molecule has 0 aliphatic carbocycles. The van der Waals surface area contributed by atoms with Crippen LogP contribution in [-0.2, 0) is 4.79 Å². The van der Waals surface area contributed by atoms with Crippen LogP contribution in [-0.4, -0.2) is 37.8 Å². The SMILES string of the molecule is C#CCOc1c(Cl)cc(/C=N\NC(=O)CNC(=O)c2ccccc2)cc1OCC. The minimum Gasteiger partial charge on any atom is -0.490 e. The Hall–Kier alpha value is -3.50. The third kappa shape index (κ3) is 6.87. The number of hydrazone groups is 1. The van der Waals surface area contributed by atoms with E-state index in [1.165, 1.54) is 6.21 Å². The van der Waals surface area contributed by atoms with Crippen LogP contribution < -0.4 is 20.2 Å². The van der Waals surface area contributed by atoms with Crippen molar-refractivity contribution in [3.05, 3.63) is 58.6 Å². The predicted octanol–water partition coefficient (Wildman–Crippen LogP) is 2.63. The van der Waals surface area contributed by atoms with Gasteiger partial charge in [0.05, 0.1) is 24.4 Å². The molecule has 8 heteroatoms. The highest BCUT2D eigenvalue weighted by Gasteiger charge is 2.12. The number of hydrogen-bond donors (Lipinski definition) is 2. The first-order valence-corrected chi connectivity index (χ1v) is 9.10. The molecule has 0 heterocycles. The first-order chi connectivity index (χ1) is 14.0. The summed E-state index contributed by atoms with van der Waals surface area (Å²) in [5.74, 6) is 2.30. The summed E-state index contributed by atoms with van der Waals surface area (Å²) in [6, 6.07) is 11.9. The van der Waals surface area contributed by atoms with Crippen LogP contribution in [0.25, 0.3) is 0 Å². The molecule has 150 valence electrons. The number of amides is 2. The highest BCUT2D eigenvalue weighted by molar-refractivity contribution is 6.32. The van der Waals surface area contributed by atoms with Gasteiger partial charge in [0.2, 0.25) is 0 Å². The summed E-state index contributed by atoms with van der Waals surface area (Å²) in [5.41, 5.74) is 3.38. The predicted molar refractivity (Wildman–Crippen MR) is 111 cm³/mol. The first kappa shape index (κ1) is 21.8. The molecule has 2 N–H and O–H groups in total. The van der Waals surface area contributed by atoms with Gasteiger partial charge in [0.15, 0.2) is 11.5 Å². The molecule has 0 unspecified atom stereocenters. The third-order valence-corrected chi connectivity index (χ3v) is 3.76. The van der Waals surface area contributed by atoms with E-state index in [9.17, 15) is 9.59 Å². The van der Waals surface area contributed by atoms with Crippen molar-refractivity contribution in [1.82, 2.24) is 10.7 Å². The fraction of sp³-hybridized carbons (Fsp3) is 0.190. The molecule has 2 amide bonds.